The highest BCUT2D eigenvalue weighted by atomic mass is 32.2. The number of methoxy groups -OCH3 is 1. The van der Waals surface area contributed by atoms with Gasteiger partial charge in [0.25, 0.3) is 10.0 Å². The fourth-order valence-electron chi connectivity index (χ4n) is 1.70. The summed E-state index contributed by atoms with van der Waals surface area (Å²) < 4.78 is 32.6. The Balaban J connectivity index is 2.35. The van der Waals surface area contributed by atoms with Crippen molar-refractivity contribution < 1.29 is 13.2 Å². The molecule has 0 unspecified atom stereocenters. The Morgan fingerprint density at radius 2 is 2.10 bits per heavy atom. The number of nitrogens with two attached hydrogens (primary N) is 1. The highest BCUT2D eigenvalue weighted by molar-refractivity contribution is 7.94. The van der Waals surface area contributed by atoms with E-state index in [1.165, 1.54) is 7.11 Å². The van der Waals surface area contributed by atoms with Gasteiger partial charge in [-0.3, -0.25) is 4.72 Å². The van der Waals surface area contributed by atoms with Crippen LogP contribution < -0.4 is 15.2 Å². The maximum atomic E-state index is 12.3. The summed E-state index contributed by atoms with van der Waals surface area (Å²) >= 11 is 1.15. The molecule has 2 aromatic rings. The fourth-order valence-corrected chi connectivity index (χ4v) is 3.98. The van der Waals surface area contributed by atoms with Gasteiger partial charge in [-0.1, -0.05) is 6.07 Å². The monoisotopic (exact) mass is 312 g/mol. The second kappa shape index (κ2) is 5.82. The van der Waals surface area contributed by atoms with E-state index in [1.807, 2.05) is 13.0 Å². The number of hydrogen-bond donors (Lipinski definition) is 2. The molecule has 1 aromatic carbocycles. The smallest absolute Gasteiger partial charge is 0.271 e. The first-order chi connectivity index (χ1) is 9.46. The summed E-state index contributed by atoms with van der Waals surface area (Å²) in [6, 6.07) is 6.89. The lowest BCUT2D eigenvalue weighted by molar-refractivity contribution is 0.417. The number of benzene rings is 1. The predicted molar refractivity (Wildman–Crippen MR) is 80.7 cm³/mol. The molecule has 0 bridgehead atoms. The summed E-state index contributed by atoms with van der Waals surface area (Å²) in [6.07, 6.45) is 0. The summed E-state index contributed by atoms with van der Waals surface area (Å²) in [7, 11) is -2.12. The van der Waals surface area contributed by atoms with Crippen LogP contribution in [0.1, 0.15) is 11.1 Å². The fraction of sp³-hybridized carbons (Fsp3) is 0.231. The number of anilines is 1. The van der Waals surface area contributed by atoms with Gasteiger partial charge in [0.2, 0.25) is 0 Å². The first kappa shape index (κ1) is 14.8. The molecule has 0 aliphatic carbocycles. The van der Waals surface area contributed by atoms with Crippen molar-refractivity contribution in [2.75, 3.05) is 11.8 Å². The molecule has 0 amide bonds. The number of ether oxygens (including phenoxy) is 1. The van der Waals surface area contributed by atoms with Crippen LogP contribution in [0.5, 0.6) is 5.75 Å². The summed E-state index contributed by atoms with van der Waals surface area (Å²) in [6.45, 7) is 2.20. The third-order valence-electron chi connectivity index (χ3n) is 2.73. The van der Waals surface area contributed by atoms with Gasteiger partial charge in [-0.15, -0.1) is 11.3 Å². The Morgan fingerprint density at radius 1 is 1.35 bits per heavy atom. The molecular weight excluding hydrogens is 296 g/mol. The van der Waals surface area contributed by atoms with Crippen molar-refractivity contribution in [2.45, 2.75) is 17.7 Å². The molecule has 0 aliphatic rings. The van der Waals surface area contributed by atoms with Gasteiger partial charge in [-0.25, -0.2) is 8.42 Å². The van der Waals surface area contributed by atoms with E-state index in [2.05, 4.69) is 4.72 Å². The van der Waals surface area contributed by atoms with E-state index in [4.69, 9.17) is 10.5 Å². The Morgan fingerprint density at radius 3 is 2.70 bits per heavy atom. The lowest BCUT2D eigenvalue weighted by Gasteiger charge is -2.11. The number of thiophene rings is 1. The third-order valence-corrected chi connectivity index (χ3v) is 5.58. The molecule has 1 heterocycles. The molecule has 20 heavy (non-hydrogen) atoms. The van der Waals surface area contributed by atoms with Crippen LogP contribution in [0.2, 0.25) is 0 Å². The molecular formula is C13H16N2O3S2. The van der Waals surface area contributed by atoms with E-state index < -0.39 is 10.0 Å². The standard InChI is InChI=1S/C13H16N2O3S2/c1-9-3-4-12(18-2)11(5-9)15-20(16,17)13-6-10(7-14)8-19-13/h3-6,8,15H,7,14H2,1-2H3. The number of nitrogens with one attached hydrogen (secondary N) is 1. The largest absolute Gasteiger partial charge is 0.495 e. The molecule has 5 nitrogen and oxygen atoms in total. The van der Waals surface area contributed by atoms with Crippen LogP contribution in [0.4, 0.5) is 5.69 Å². The van der Waals surface area contributed by atoms with Crippen LogP contribution in [-0.2, 0) is 16.6 Å². The quantitative estimate of drug-likeness (QED) is 0.888. The lowest BCUT2D eigenvalue weighted by Crippen LogP contribution is -2.12. The van der Waals surface area contributed by atoms with Gasteiger partial charge < -0.3 is 10.5 Å². The Labute approximate surface area is 122 Å². The normalized spacial score (nSPS) is 11.3. The molecule has 0 fully saturated rings. The second-order valence-electron chi connectivity index (χ2n) is 4.29. The van der Waals surface area contributed by atoms with Crippen LogP contribution in [0, 0.1) is 6.92 Å². The van der Waals surface area contributed by atoms with E-state index in [0.717, 1.165) is 22.5 Å². The maximum Gasteiger partial charge on any atom is 0.271 e. The zero-order chi connectivity index (χ0) is 14.8. The summed E-state index contributed by atoms with van der Waals surface area (Å²) in [5.41, 5.74) is 7.66. The average Bonchev–Trinajstić information content (AvgIpc) is 2.88. The lowest BCUT2D eigenvalue weighted by atomic mass is 10.2. The highest BCUT2D eigenvalue weighted by Gasteiger charge is 2.18. The average molecular weight is 312 g/mol. The number of hydrogen-bond acceptors (Lipinski definition) is 5. The molecule has 2 rings (SSSR count). The topological polar surface area (TPSA) is 81.4 Å². The van der Waals surface area contributed by atoms with Crippen molar-refractivity contribution >= 4 is 27.0 Å². The summed E-state index contributed by atoms with van der Waals surface area (Å²) in [5, 5.41) is 1.74. The minimum absolute atomic E-state index is 0.238. The first-order valence-corrected chi connectivity index (χ1v) is 8.27. The minimum atomic E-state index is -3.62. The van der Waals surface area contributed by atoms with Gasteiger partial charge in [0.05, 0.1) is 12.8 Å². The van der Waals surface area contributed by atoms with Crippen molar-refractivity contribution in [2.24, 2.45) is 5.73 Å². The van der Waals surface area contributed by atoms with Gasteiger partial charge in [-0.2, -0.15) is 0 Å². The Hall–Kier alpha value is -1.57. The van der Waals surface area contributed by atoms with Crippen LogP contribution >= 0.6 is 11.3 Å². The van der Waals surface area contributed by atoms with Crippen LogP contribution in [-0.4, -0.2) is 15.5 Å². The van der Waals surface area contributed by atoms with Gasteiger partial charge in [0, 0.05) is 6.54 Å². The molecule has 0 saturated heterocycles. The van der Waals surface area contributed by atoms with Crippen LogP contribution in [0.25, 0.3) is 0 Å². The summed E-state index contributed by atoms with van der Waals surface area (Å²) in [5.74, 6) is 0.481. The number of rotatable bonds is 5. The van der Waals surface area contributed by atoms with Crippen LogP contribution in [0.15, 0.2) is 33.9 Å². The molecule has 1 aromatic heterocycles. The zero-order valence-corrected chi connectivity index (χ0v) is 12.8. The van der Waals surface area contributed by atoms with Crippen molar-refractivity contribution in [1.82, 2.24) is 0 Å². The Kier molecular flexibility index (Phi) is 4.32. The second-order valence-corrected chi connectivity index (χ2v) is 7.11. The van der Waals surface area contributed by atoms with Crippen LogP contribution in [0.3, 0.4) is 0 Å². The number of sulfonamides is 1. The Bertz CT molecular complexity index is 708. The molecule has 0 atom stereocenters. The minimum Gasteiger partial charge on any atom is -0.495 e. The van der Waals surface area contributed by atoms with E-state index in [0.29, 0.717) is 18.0 Å². The van der Waals surface area contributed by atoms with Gasteiger partial charge >= 0.3 is 0 Å². The van der Waals surface area contributed by atoms with E-state index in [9.17, 15) is 8.42 Å². The third kappa shape index (κ3) is 3.12. The molecule has 108 valence electrons. The molecule has 0 saturated carbocycles. The molecule has 7 heteroatoms. The van der Waals surface area contributed by atoms with Crippen molar-refractivity contribution in [3.8, 4) is 5.75 Å². The van der Waals surface area contributed by atoms with E-state index in [-0.39, 0.29) is 4.21 Å². The zero-order valence-electron chi connectivity index (χ0n) is 11.2. The highest BCUT2D eigenvalue weighted by Crippen LogP contribution is 2.29. The van der Waals surface area contributed by atoms with Gasteiger partial charge in [0.15, 0.2) is 0 Å². The first-order valence-electron chi connectivity index (χ1n) is 5.91. The molecule has 0 spiro atoms. The SMILES string of the molecule is COc1ccc(C)cc1NS(=O)(=O)c1cc(CN)cs1. The van der Waals surface area contributed by atoms with E-state index in [1.54, 1.807) is 23.6 Å². The van der Waals surface area contributed by atoms with Crippen molar-refractivity contribution in [3.05, 3.63) is 40.8 Å². The van der Waals surface area contributed by atoms with Gasteiger partial charge in [-0.05, 0) is 41.6 Å². The molecule has 3 N–H and O–H groups in total. The summed E-state index contributed by atoms with van der Waals surface area (Å²) in [4.78, 5) is 0. The van der Waals surface area contributed by atoms with Gasteiger partial charge in [0.1, 0.15) is 9.96 Å². The van der Waals surface area contributed by atoms with Crippen molar-refractivity contribution in [1.29, 1.82) is 0 Å². The maximum absolute atomic E-state index is 12.3. The van der Waals surface area contributed by atoms with E-state index >= 15 is 0 Å². The number of aryl methyl sites for hydroxylation is 1. The molecule has 0 aliphatic heterocycles. The predicted octanol–water partition coefficient (Wildman–Crippen LogP) is 2.32. The molecule has 0 radical (unpaired) electrons. The van der Waals surface area contributed by atoms with Crippen molar-refractivity contribution in [3.63, 3.8) is 0 Å².